The predicted octanol–water partition coefficient (Wildman–Crippen LogP) is 0.489. The van der Waals surface area contributed by atoms with Crippen LogP contribution < -0.4 is 11.1 Å². The molecule has 0 bridgehead atoms. The molecule has 2 unspecified atom stereocenters. The Kier molecular flexibility index (Phi) is 6.06. The van der Waals surface area contributed by atoms with E-state index in [1.54, 1.807) is 0 Å². The summed E-state index contributed by atoms with van der Waals surface area (Å²) >= 11 is 0. The molecule has 0 aromatic carbocycles. The van der Waals surface area contributed by atoms with E-state index in [-0.39, 0.29) is 5.91 Å². The minimum atomic E-state index is -0.198. The number of hydrogen-bond donors (Lipinski definition) is 2. The number of rotatable bonds is 6. The van der Waals surface area contributed by atoms with Gasteiger partial charge in [-0.15, -0.1) is 0 Å². The van der Waals surface area contributed by atoms with Crippen LogP contribution in [0.5, 0.6) is 0 Å². The summed E-state index contributed by atoms with van der Waals surface area (Å²) < 4.78 is 0. The van der Waals surface area contributed by atoms with Crippen LogP contribution in [-0.2, 0) is 4.79 Å². The van der Waals surface area contributed by atoms with E-state index < -0.39 is 0 Å². The van der Waals surface area contributed by atoms with E-state index in [2.05, 4.69) is 34.2 Å². The number of nitrogens with two attached hydrogens (primary N) is 1. The minimum absolute atomic E-state index is 0.198. The maximum atomic E-state index is 11.1. The second-order valence-electron chi connectivity index (χ2n) is 6.92. The zero-order chi connectivity index (χ0) is 16.1. The first kappa shape index (κ1) is 17.1. The second-order valence-corrected chi connectivity index (χ2v) is 6.92. The number of carbonyl (C=O) groups excluding carboxylic acids is 1. The number of hydrogen-bond acceptors (Lipinski definition) is 3. The van der Waals surface area contributed by atoms with Gasteiger partial charge in [0.05, 0.1) is 0 Å². The number of likely N-dealkylation sites (tertiary alicyclic amines) is 1. The quantitative estimate of drug-likeness (QED) is 0.553. The fraction of sp³-hybridized carbons (Fsp3) is 0.875. The summed E-state index contributed by atoms with van der Waals surface area (Å²) in [5.74, 6) is 1.94. The van der Waals surface area contributed by atoms with Crippen molar-refractivity contribution < 1.29 is 4.79 Å². The van der Waals surface area contributed by atoms with E-state index in [9.17, 15) is 4.79 Å². The summed E-state index contributed by atoms with van der Waals surface area (Å²) in [5, 5.41) is 3.53. The molecule has 1 amide bonds. The van der Waals surface area contributed by atoms with Crippen LogP contribution in [0, 0.1) is 11.8 Å². The number of guanidine groups is 1. The van der Waals surface area contributed by atoms with Gasteiger partial charge >= 0.3 is 0 Å². The lowest BCUT2D eigenvalue weighted by molar-refractivity contribution is -0.119. The first-order valence-electron chi connectivity index (χ1n) is 8.41. The Hall–Kier alpha value is -1.30. The Labute approximate surface area is 134 Å². The molecule has 2 aliphatic rings. The highest BCUT2D eigenvalue weighted by Gasteiger charge is 2.33. The average Bonchev–Trinajstić information content (AvgIpc) is 3.27. The van der Waals surface area contributed by atoms with Crippen molar-refractivity contribution in [2.24, 2.45) is 22.6 Å². The van der Waals surface area contributed by atoms with Crippen LogP contribution in [0.25, 0.3) is 0 Å². The van der Waals surface area contributed by atoms with Crippen molar-refractivity contribution in [1.82, 2.24) is 15.1 Å². The average molecular weight is 309 g/mol. The van der Waals surface area contributed by atoms with Gasteiger partial charge in [0.15, 0.2) is 5.96 Å². The van der Waals surface area contributed by atoms with Crippen molar-refractivity contribution >= 4 is 11.9 Å². The zero-order valence-electron chi connectivity index (χ0n) is 14.2. The van der Waals surface area contributed by atoms with E-state index in [0.717, 1.165) is 44.4 Å². The Bertz CT molecular complexity index is 403. The van der Waals surface area contributed by atoms with Crippen LogP contribution in [0.4, 0.5) is 0 Å². The lowest BCUT2D eigenvalue weighted by Gasteiger charge is -2.35. The molecule has 0 radical (unpaired) electrons. The van der Waals surface area contributed by atoms with Gasteiger partial charge in [-0.25, -0.2) is 0 Å². The molecule has 2 fully saturated rings. The van der Waals surface area contributed by atoms with Crippen molar-refractivity contribution in [1.29, 1.82) is 0 Å². The molecule has 1 aliphatic carbocycles. The standard InChI is InChI=1S/C16H31N5O/c1-18-16(19-10-14(20(2)3)13-6-7-13)21-8-4-5-12(11-21)9-15(17)22/h12-14H,4-11H2,1-3H3,(H2,17,22)(H,18,19). The van der Waals surface area contributed by atoms with Crippen LogP contribution in [-0.4, -0.2) is 68.5 Å². The highest BCUT2D eigenvalue weighted by molar-refractivity contribution is 5.80. The number of amides is 1. The Balaban J connectivity index is 1.86. The van der Waals surface area contributed by atoms with Crippen LogP contribution in [0.3, 0.4) is 0 Å². The molecule has 2 atom stereocenters. The largest absolute Gasteiger partial charge is 0.370 e. The fourth-order valence-corrected chi connectivity index (χ4v) is 3.49. The molecular weight excluding hydrogens is 278 g/mol. The molecule has 1 heterocycles. The summed E-state index contributed by atoms with van der Waals surface area (Å²) in [6, 6.07) is 0.572. The van der Waals surface area contributed by atoms with Gasteiger partial charge < -0.3 is 20.9 Å². The van der Waals surface area contributed by atoms with Gasteiger partial charge in [-0.1, -0.05) is 0 Å². The third-order valence-corrected chi connectivity index (χ3v) is 4.82. The van der Waals surface area contributed by atoms with Crippen molar-refractivity contribution in [3.8, 4) is 0 Å². The first-order chi connectivity index (χ1) is 10.5. The van der Waals surface area contributed by atoms with Gasteiger partial charge in [0.2, 0.25) is 5.91 Å². The number of primary amides is 1. The molecule has 0 aromatic heterocycles. The molecule has 1 saturated carbocycles. The Morgan fingerprint density at radius 3 is 2.68 bits per heavy atom. The molecule has 3 N–H and O–H groups in total. The van der Waals surface area contributed by atoms with Gasteiger partial charge in [-0.05, 0) is 51.6 Å². The molecule has 2 rings (SSSR count). The van der Waals surface area contributed by atoms with Crippen LogP contribution in [0.1, 0.15) is 32.1 Å². The summed E-state index contributed by atoms with van der Waals surface area (Å²) in [5.41, 5.74) is 5.34. The van der Waals surface area contributed by atoms with Gasteiger partial charge in [-0.3, -0.25) is 9.79 Å². The monoisotopic (exact) mass is 309 g/mol. The van der Waals surface area contributed by atoms with Crippen LogP contribution in [0.15, 0.2) is 4.99 Å². The van der Waals surface area contributed by atoms with Crippen LogP contribution in [0.2, 0.25) is 0 Å². The van der Waals surface area contributed by atoms with Crippen LogP contribution >= 0.6 is 0 Å². The van der Waals surface area contributed by atoms with Gasteiger partial charge in [0.1, 0.15) is 0 Å². The van der Waals surface area contributed by atoms with E-state index in [0.29, 0.717) is 18.4 Å². The smallest absolute Gasteiger partial charge is 0.217 e. The molecule has 1 saturated heterocycles. The normalized spacial score (nSPS) is 24.5. The number of nitrogens with zero attached hydrogens (tertiary/aromatic N) is 3. The van der Waals surface area contributed by atoms with E-state index in [1.807, 2.05) is 7.05 Å². The van der Waals surface area contributed by atoms with E-state index in [4.69, 9.17) is 5.73 Å². The lowest BCUT2D eigenvalue weighted by Crippen LogP contribution is -2.50. The number of piperidine rings is 1. The predicted molar refractivity (Wildman–Crippen MR) is 89.7 cm³/mol. The van der Waals surface area contributed by atoms with E-state index >= 15 is 0 Å². The molecule has 22 heavy (non-hydrogen) atoms. The third-order valence-electron chi connectivity index (χ3n) is 4.82. The fourth-order valence-electron chi connectivity index (χ4n) is 3.49. The highest BCUT2D eigenvalue weighted by atomic mass is 16.1. The SMILES string of the molecule is CN=C(NCC(C1CC1)N(C)C)N1CCCC(CC(N)=O)C1. The summed E-state index contributed by atoms with van der Waals surface area (Å²) in [7, 11) is 6.14. The van der Waals surface area contributed by atoms with Gasteiger partial charge in [-0.2, -0.15) is 0 Å². The molecule has 0 aromatic rings. The molecule has 6 nitrogen and oxygen atoms in total. The molecule has 0 spiro atoms. The second kappa shape index (κ2) is 7.81. The van der Waals surface area contributed by atoms with Crippen molar-refractivity contribution in [3.05, 3.63) is 0 Å². The summed E-state index contributed by atoms with van der Waals surface area (Å²) in [6.45, 7) is 2.81. The van der Waals surface area contributed by atoms with Crippen molar-refractivity contribution in [2.75, 3.05) is 40.8 Å². The molecule has 6 heteroatoms. The maximum absolute atomic E-state index is 11.1. The van der Waals surface area contributed by atoms with Crippen molar-refractivity contribution in [2.45, 2.75) is 38.1 Å². The summed E-state index contributed by atoms with van der Waals surface area (Å²) in [6.07, 6.45) is 5.34. The Morgan fingerprint density at radius 2 is 2.14 bits per heavy atom. The zero-order valence-corrected chi connectivity index (χ0v) is 14.2. The first-order valence-corrected chi connectivity index (χ1v) is 8.41. The third kappa shape index (κ3) is 4.87. The minimum Gasteiger partial charge on any atom is -0.370 e. The number of nitrogens with one attached hydrogen (secondary N) is 1. The number of carbonyl (C=O) groups is 1. The number of aliphatic imine (C=N–C) groups is 1. The number of likely N-dealkylation sites (N-methyl/N-ethyl adjacent to an activating group) is 1. The molecular formula is C16H31N5O. The van der Waals surface area contributed by atoms with Gasteiger partial charge in [0, 0.05) is 39.1 Å². The topological polar surface area (TPSA) is 74.0 Å². The highest BCUT2D eigenvalue weighted by Crippen LogP contribution is 2.34. The lowest BCUT2D eigenvalue weighted by atomic mass is 9.95. The van der Waals surface area contributed by atoms with Crippen molar-refractivity contribution in [3.63, 3.8) is 0 Å². The summed E-state index contributed by atoms with van der Waals surface area (Å²) in [4.78, 5) is 20.2. The maximum Gasteiger partial charge on any atom is 0.217 e. The molecule has 126 valence electrons. The Morgan fingerprint density at radius 1 is 1.41 bits per heavy atom. The van der Waals surface area contributed by atoms with Gasteiger partial charge in [0.25, 0.3) is 0 Å². The molecule has 1 aliphatic heterocycles. The van der Waals surface area contributed by atoms with E-state index in [1.165, 1.54) is 12.8 Å².